The summed E-state index contributed by atoms with van der Waals surface area (Å²) in [7, 11) is 0. The van der Waals surface area contributed by atoms with Crippen LogP contribution in [0.5, 0.6) is 0 Å². The van der Waals surface area contributed by atoms with Crippen LogP contribution >= 0.6 is 0 Å². The summed E-state index contributed by atoms with van der Waals surface area (Å²) < 4.78 is 34.2. The molecular formula is C68H115NO18. The molecule has 3 aliphatic rings. The highest BCUT2D eigenvalue weighted by Crippen LogP contribution is 2.33. The molecule has 0 spiro atoms. The molecular weight excluding hydrogens is 1120 g/mol. The molecule has 3 heterocycles. The van der Waals surface area contributed by atoms with Gasteiger partial charge in [0.15, 0.2) is 18.9 Å². The fourth-order valence-electron chi connectivity index (χ4n) is 10.5. The molecule has 87 heavy (non-hydrogen) atoms. The van der Waals surface area contributed by atoms with E-state index in [0.717, 1.165) is 89.9 Å². The van der Waals surface area contributed by atoms with E-state index in [4.69, 9.17) is 28.4 Å². The van der Waals surface area contributed by atoms with E-state index in [1.165, 1.54) is 70.6 Å². The number of amides is 1. The maximum Gasteiger partial charge on any atom is 0.220 e. The number of allylic oxidation sites excluding steroid dienone is 15. The minimum Gasteiger partial charge on any atom is -0.394 e. The number of unbranched alkanes of at least 4 members (excludes halogenated alkanes) is 18. The lowest BCUT2D eigenvalue weighted by Crippen LogP contribution is -2.66. The molecule has 0 radical (unpaired) electrons. The third-order valence-electron chi connectivity index (χ3n) is 15.8. The molecule has 17 atom stereocenters. The molecule has 0 bridgehead atoms. The van der Waals surface area contributed by atoms with E-state index >= 15 is 0 Å². The van der Waals surface area contributed by atoms with Crippen LogP contribution < -0.4 is 5.32 Å². The molecule has 19 nitrogen and oxygen atoms in total. The predicted molar refractivity (Wildman–Crippen MR) is 337 cm³/mol. The molecule has 0 aromatic heterocycles. The van der Waals surface area contributed by atoms with Gasteiger partial charge in [-0.1, -0.05) is 195 Å². The predicted octanol–water partition coefficient (Wildman–Crippen LogP) is 7.71. The van der Waals surface area contributed by atoms with Crippen LogP contribution in [0, 0.1) is 0 Å². The van der Waals surface area contributed by atoms with Gasteiger partial charge < -0.3 is 89.9 Å². The lowest BCUT2D eigenvalue weighted by atomic mass is 9.96. The first-order valence-corrected chi connectivity index (χ1v) is 33.0. The Morgan fingerprint density at radius 1 is 0.425 bits per heavy atom. The molecule has 0 aliphatic carbocycles. The monoisotopic (exact) mass is 1230 g/mol. The van der Waals surface area contributed by atoms with E-state index in [1.54, 1.807) is 6.08 Å². The van der Waals surface area contributed by atoms with Crippen molar-refractivity contribution in [3.05, 3.63) is 97.2 Å². The van der Waals surface area contributed by atoms with Gasteiger partial charge in [-0.15, -0.1) is 0 Å². The Bertz CT molecular complexity index is 1960. The second-order valence-corrected chi connectivity index (χ2v) is 23.2. The Balaban J connectivity index is 1.41. The Labute approximate surface area is 520 Å². The highest BCUT2D eigenvalue weighted by atomic mass is 16.8. The average Bonchev–Trinajstić information content (AvgIpc) is 1.69. The van der Waals surface area contributed by atoms with E-state index < -0.39 is 124 Å². The van der Waals surface area contributed by atoms with E-state index in [1.807, 2.05) is 6.08 Å². The number of aliphatic hydroxyl groups excluding tert-OH is 11. The number of aliphatic hydroxyl groups is 11. The van der Waals surface area contributed by atoms with Gasteiger partial charge in [0.1, 0.15) is 73.2 Å². The van der Waals surface area contributed by atoms with E-state index in [2.05, 4.69) is 104 Å². The van der Waals surface area contributed by atoms with Crippen LogP contribution in [0.1, 0.15) is 194 Å². The summed E-state index contributed by atoms with van der Waals surface area (Å²) in [5.74, 6) is -0.297. The van der Waals surface area contributed by atoms with Crippen molar-refractivity contribution < 1.29 is 89.4 Å². The summed E-state index contributed by atoms with van der Waals surface area (Å²) >= 11 is 0. The van der Waals surface area contributed by atoms with Gasteiger partial charge in [0.2, 0.25) is 5.91 Å². The Morgan fingerprint density at radius 3 is 1.29 bits per heavy atom. The lowest BCUT2D eigenvalue weighted by molar-refractivity contribution is -0.379. The quantitative estimate of drug-likeness (QED) is 0.0205. The molecule has 3 saturated heterocycles. The standard InChI is InChI=1S/C68H115NO18/c1-3-5-7-9-11-13-15-17-18-19-20-21-22-23-24-25-26-27-28-29-30-31-32-34-36-38-40-42-44-46-56(74)69-51(52(73)45-43-41-39-37-35-33-16-14-12-10-8-6-4-2)50-82-66-62(80)59(77)64(54(48-71)84-66)87-68-63(81)60(78)65(55(49-72)85-68)86-67-61(79)58(76)57(75)53(47-70)83-67/h5,7,11-14,17-18,20-21,23-24,35,37,43,45,51-55,57-68,70-73,75-81H,3-4,6,8-10,15-16,19,22,25-34,36,38-42,44,46-50H2,1-2H3,(H,69,74)/b7-5-,13-11-,14-12+,18-17-,21-20-,24-23-,37-35+,45-43+. The molecule has 3 fully saturated rings. The SMILES string of the molecule is CC/C=C\C/C=C\C/C=C\C/C=C\C/C=C\CCCCCCCCCCCCCCCC(=O)NC(COC1OC(CO)C(OC2OC(CO)C(OC3OC(CO)C(O)C(O)C3O)C(O)C2O)C(O)C1O)C(O)/C=C/CC/C=C/CC/C=C/CCCCC. The second kappa shape index (κ2) is 49.4. The molecule has 12 N–H and O–H groups in total. The number of rotatable bonds is 48. The zero-order chi connectivity index (χ0) is 63.3. The fourth-order valence-corrected chi connectivity index (χ4v) is 10.5. The fraction of sp³-hybridized carbons (Fsp3) is 0.750. The van der Waals surface area contributed by atoms with Gasteiger partial charge in [-0.25, -0.2) is 0 Å². The number of carbonyl (C=O) groups is 1. The van der Waals surface area contributed by atoms with Gasteiger partial charge in [0.05, 0.1) is 38.6 Å². The Morgan fingerprint density at radius 2 is 0.805 bits per heavy atom. The Kier molecular flexibility index (Phi) is 44.3. The maximum absolute atomic E-state index is 13.4. The molecule has 19 heteroatoms. The summed E-state index contributed by atoms with van der Waals surface area (Å²) in [5.41, 5.74) is 0. The van der Waals surface area contributed by atoms with Crippen LogP contribution in [0.2, 0.25) is 0 Å². The van der Waals surface area contributed by atoms with Gasteiger partial charge >= 0.3 is 0 Å². The van der Waals surface area contributed by atoms with E-state index in [9.17, 15) is 61.0 Å². The van der Waals surface area contributed by atoms with Gasteiger partial charge in [0.25, 0.3) is 0 Å². The van der Waals surface area contributed by atoms with Crippen molar-refractivity contribution in [3.63, 3.8) is 0 Å². The summed E-state index contributed by atoms with van der Waals surface area (Å²) in [6.07, 6.45) is 36.8. The first-order chi connectivity index (χ1) is 42.3. The van der Waals surface area contributed by atoms with E-state index in [-0.39, 0.29) is 18.9 Å². The number of hydrogen-bond donors (Lipinski definition) is 12. The first-order valence-electron chi connectivity index (χ1n) is 33.0. The first kappa shape index (κ1) is 78.0. The van der Waals surface area contributed by atoms with Crippen molar-refractivity contribution >= 4 is 5.91 Å². The van der Waals surface area contributed by atoms with Gasteiger partial charge in [-0.3, -0.25) is 4.79 Å². The minimum absolute atomic E-state index is 0.225. The van der Waals surface area contributed by atoms with Crippen molar-refractivity contribution in [2.24, 2.45) is 0 Å². The van der Waals surface area contributed by atoms with Crippen LogP contribution in [-0.2, 0) is 33.2 Å². The molecule has 0 aromatic rings. The lowest BCUT2D eigenvalue weighted by Gasteiger charge is -2.48. The molecule has 1 amide bonds. The number of ether oxygens (including phenoxy) is 6. The van der Waals surface area contributed by atoms with Crippen molar-refractivity contribution in [1.82, 2.24) is 5.32 Å². The molecule has 0 aromatic carbocycles. The normalized spacial score (nSPS) is 29.2. The maximum atomic E-state index is 13.4. The van der Waals surface area contributed by atoms with Gasteiger partial charge in [-0.05, 0) is 89.9 Å². The third-order valence-corrected chi connectivity index (χ3v) is 15.8. The minimum atomic E-state index is -1.99. The zero-order valence-corrected chi connectivity index (χ0v) is 52.5. The van der Waals surface area contributed by atoms with Crippen LogP contribution in [-0.4, -0.2) is 193 Å². The van der Waals surface area contributed by atoms with Crippen molar-refractivity contribution in [2.45, 2.75) is 298 Å². The van der Waals surface area contributed by atoms with Gasteiger partial charge in [0, 0.05) is 6.42 Å². The largest absolute Gasteiger partial charge is 0.394 e. The second-order valence-electron chi connectivity index (χ2n) is 23.2. The molecule has 500 valence electrons. The molecule has 3 rings (SSSR count). The van der Waals surface area contributed by atoms with Crippen LogP contribution in [0.3, 0.4) is 0 Å². The number of hydrogen-bond acceptors (Lipinski definition) is 18. The smallest absolute Gasteiger partial charge is 0.220 e. The zero-order valence-electron chi connectivity index (χ0n) is 52.5. The van der Waals surface area contributed by atoms with Crippen molar-refractivity contribution in [2.75, 3.05) is 26.4 Å². The van der Waals surface area contributed by atoms with E-state index in [0.29, 0.717) is 12.8 Å². The number of carbonyl (C=O) groups excluding carboxylic acids is 1. The molecule has 17 unspecified atom stereocenters. The molecule has 3 aliphatic heterocycles. The highest BCUT2D eigenvalue weighted by Gasteiger charge is 2.53. The van der Waals surface area contributed by atoms with Crippen LogP contribution in [0.25, 0.3) is 0 Å². The van der Waals surface area contributed by atoms with Crippen LogP contribution in [0.4, 0.5) is 0 Å². The summed E-state index contributed by atoms with van der Waals surface area (Å²) in [6, 6.07) is -1.00. The van der Waals surface area contributed by atoms with Gasteiger partial charge in [-0.2, -0.15) is 0 Å². The van der Waals surface area contributed by atoms with Crippen molar-refractivity contribution in [1.29, 1.82) is 0 Å². The number of nitrogens with one attached hydrogen (secondary N) is 1. The summed E-state index contributed by atoms with van der Waals surface area (Å²) in [6.45, 7) is 1.53. The summed E-state index contributed by atoms with van der Waals surface area (Å²) in [5, 5.41) is 120. The Hall–Kier alpha value is -3.29. The molecule has 0 saturated carbocycles. The summed E-state index contributed by atoms with van der Waals surface area (Å²) in [4.78, 5) is 13.4. The highest BCUT2D eigenvalue weighted by molar-refractivity contribution is 5.76. The average molecular weight is 1230 g/mol. The van der Waals surface area contributed by atoms with Crippen molar-refractivity contribution in [3.8, 4) is 0 Å². The topological polar surface area (TPSA) is 307 Å². The third kappa shape index (κ3) is 32.0. The van der Waals surface area contributed by atoms with Crippen LogP contribution in [0.15, 0.2) is 97.2 Å².